The maximum Gasteiger partial charge on any atom is 0.174 e. The largest absolute Gasteiger partial charge is 0.382 e. The maximum atomic E-state index is 11.1. The van der Waals surface area contributed by atoms with E-state index in [0.29, 0.717) is 13.2 Å². The van der Waals surface area contributed by atoms with E-state index in [9.17, 15) is 8.42 Å². The van der Waals surface area contributed by atoms with E-state index in [4.69, 9.17) is 14.2 Å². The lowest BCUT2D eigenvalue weighted by atomic mass is 10.3. The molecule has 0 saturated heterocycles. The molecule has 0 bridgehead atoms. The average molecular weight is 236 g/mol. The zero-order chi connectivity index (χ0) is 11.3. The highest BCUT2D eigenvalue weighted by Crippen LogP contribution is 2.11. The SMILES string of the molecule is COCC(COC1C=CS(=O)(=O)C1)OC. The molecule has 0 fully saturated rings. The van der Waals surface area contributed by atoms with Crippen LogP contribution in [0.15, 0.2) is 11.5 Å². The summed E-state index contributed by atoms with van der Waals surface area (Å²) in [6.45, 7) is 0.758. The van der Waals surface area contributed by atoms with Gasteiger partial charge in [-0.1, -0.05) is 0 Å². The number of ether oxygens (including phenoxy) is 3. The first kappa shape index (κ1) is 12.6. The first-order valence-electron chi connectivity index (χ1n) is 4.61. The molecule has 1 aliphatic rings. The fraction of sp³-hybridized carbons (Fsp3) is 0.778. The Morgan fingerprint density at radius 2 is 2.13 bits per heavy atom. The monoisotopic (exact) mass is 236 g/mol. The zero-order valence-electron chi connectivity index (χ0n) is 8.88. The Balaban J connectivity index is 2.29. The van der Waals surface area contributed by atoms with Crippen molar-refractivity contribution in [1.29, 1.82) is 0 Å². The van der Waals surface area contributed by atoms with E-state index in [2.05, 4.69) is 0 Å². The Morgan fingerprint density at radius 1 is 1.40 bits per heavy atom. The fourth-order valence-electron chi connectivity index (χ4n) is 1.25. The van der Waals surface area contributed by atoms with Crippen LogP contribution in [0.5, 0.6) is 0 Å². The number of hydrogen-bond donors (Lipinski definition) is 0. The van der Waals surface area contributed by atoms with E-state index in [1.54, 1.807) is 20.3 Å². The van der Waals surface area contributed by atoms with E-state index >= 15 is 0 Å². The van der Waals surface area contributed by atoms with Crippen molar-refractivity contribution in [3.8, 4) is 0 Å². The number of methoxy groups -OCH3 is 2. The highest BCUT2D eigenvalue weighted by atomic mass is 32.2. The van der Waals surface area contributed by atoms with Gasteiger partial charge in [-0.25, -0.2) is 8.42 Å². The van der Waals surface area contributed by atoms with Crippen LogP contribution in [0.2, 0.25) is 0 Å². The highest BCUT2D eigenvalue weighted by Gasteiger charge is 2.23. The molecule has 2 atom stereocenters. The van der Waals surface area contributed by atoms with Crippen LogP contribution in [0.25, 0.3) is 0 Å². The van der Waals surface area contributed by atoms with E-state index in [1.165, 1.54) is 5.41 Å². The molecule has 6 heteroatoms. The van der Waals surface area contributed by atoms with Gasteiger partial charge < -0.3 is 14.2 Å². The zero-order valence-corrected chi connectivity index (χ0v) is 9.70. The molecule has 0 aromatic rings. The molecule has 2 unspecified atom stereocenters. The smallest absolute Gasteiger partial charge is 0.174 e. The number of sulfone groups is 1. The van der Waals surface area contributed by atoms with E-state index in [0.717, 1.165) is 0 Å². The number of rotatable bonds is 6. The van der Waals surface area contributed by atoms with Gasteiger partial charge in [0.15, 0.2) is 9.84 Å². The Bertz CT molecular complexity index is 308. The van der Waals surface area contributed by atoms with Crippen LogP contribution in [0.3, 0.4) is 0 Å². The molecule has 0 amide bonds. The second kappa shape index (κ2) is 5.60. The molecule has 0 aliphatic carbocycles. The van der Waals surface area contributed by atoms with Gasteiger partial charge in [0.2, 0.25) is 0 Å². The molecule has 15 heavy (non-hydrogen) atoms. The molecule has 1 heterocycles. The summed E-state index contributed by atoms with van der Waals surface area (Å²) in [5.74, 6) is 0.0242. The number of hydrogen-bond acceptors (Lipinski definition) is 5. The van der Waals surface area contributed by atoms with Crippen LogP contribution in [0.1, 0.15) is 0 Å². The van der Waals surface area contributed by atoms with E-state index < -0.39 is 9.84 Å². The summed E-state index contributed by atoms with van der Waals surface area (Å²) in [6, 6.07) is 0. The minimum atomic E-state index is -3.04. The first-order chi connectivity index (χ1) is 7.07. The third-order valence-electron chi connectivity index (χ3n) is 2.08. The lowest BCUT2D eigenvalue weighted by Crippen LogP contribution is -2.27. The summed E-state index contributed by atoms with van der Waals surface area (Å²) >= 11 is 0. The Hall–Kier alpha value is -0.430. The van der Waals surface area contributed by atoms with Crippen molar-refractivity contribution in [2.45, 2.75) is 12.2 Å². The minimum absolute atomic E-state index is 0.0242. The van der Waals surface area contributed by atoms with Crippen molar-refractivity contribution in [2.24, 2.45) is 0 Å². The predicted molar refractivity (Wildman–Crippen MR) is 55.3 cm³/mol. The van der Waals surface area contributed by atoms with Gasteiger partial charge in [-0.05, 0) is 6.08 Å². The minimum Gasteiger partial charge on any atom is -0.382 e. The van der Waals surface area contributed by atoms with Crippen molar-refractivity contribution >= 4 is 9.84 Å². The molecule has 0 spiro atoms. The molecule has 0 aromatic heterocycles. The second-order valence-electron chi connectivity index (χ2n) is 3.34. The molecule has 0 saturated carbocycles. The summed E-state index contributed by atoms with van der Waals surface area (Å²) in [7, 11) is 0.0991. The third-order valence-corrected chi connectivity index (χ3v) is 3.44. The van der Waals surface area contributed by atoms with Crippen molar-refractivity contribution < 1.29 is 22.6 Å². The first-order valence-corrected chi connectivity index (χ1v) is 6.33. The Morgan fingerprint density at radius 3 is 2.60 bits per heavy atom. The van der Waals surface area contributed by atoms with Crippen molar-refractivity contribution in [1.82, 2.24) is 0 Å². The molecular weight excluding hydrogens is 220 g/mol. The fourth-order valence-corrected chi connectivity index (χ4v) is 2.44. The summed E-state index contributed by atoms with van der Waals surface area (Å²) in [4.78, 5) is 0. The van der Waals surface area contributed by atoms with Crippen LogP contribution in [0, 0.1) is 0 Å². The Kier molecular flexibility index (Phi) is 4.72. The summed E-state index contributed by atoms with van der Waals surface area (Å²) in [5, 5.41) is 1.19. The molecule has 1 aliphatic heterocycles. The van der Waals surface area contributed by atoms with E-state index in [-0.39, 0.29) is 18.0 Å². The maximum absolute atomic E-state index is 11.1. The van der Waals surface area contributed by atoms with Gasteiger partial charge in [0.25, 0.3) is 0 Å². The van der Waals surface area contributed by atoms with Crippen LogP contribution >= 0.6 is 0 Å². The molecule has 0 radical (unpaired) electrons. The normalized spacial score (nSPS) is 25.6. The van der Waals surface area contributed by atoms with E-state index in [1.807, 2.05) is 0 Å². The van der Waals surface area contributed by atoms with Crippen molar-refractivity contribution in [2.75, 3.05) is 33.2 Å². The van der Waals surface area contributed by atoms with Gasteiger partial charge in [0, 0.05) is 19.6 Å². The van der Waals surface area contributed by atoms with Crippen LogP contribution in [-0.2, 0) is 24.0 Å². The van der Waals surface area contributed by atoms with Gasteiger partial charge in [-0.3, -0.25) is 0 Å². The van der Waals surface area contributed by atoms with Crippen molar-refractivity contribution in [3.63, 3.8) is 0 Å². The molecule has 1 rings (SSSR count). The highest BCUT2D eigenvalue weighted by molar-refractivity contribution is 7.94. The van der Waals surface area contributed by atoms with Gasteiger partial charge in [0.05, 0.1) is 25.1 Å². The lowest BCUT2D eigenvalue weighted by molar-refractivity contribution is -0.0395. The molecule has 0 aromatic carbocycles. The van der Waals surface area contributed by atoms with Gasteiger partial charge in [0.1, 0.15) is 6.10 Å². The second-order valence-corrected chi connectivity index (χ2v) is 5.27. The van der Waals surface area contributed by atoms with Gasteiger partial charge in [-0.15, -0.1) is 0 Å². The summed E-state index contributed by atoms with van der Waals surface area (Å²) < 4.78 is 37.5. The third kappa shape index (κ3) is 4.29. The van der Waals surface area contributed by atoms with Gasteiger partial charge in [-0.2, -0.15) is 0 Å². The molecule has 5 nitrogen and oxygen atoms in total. The molecule has 88 valence electrons. The summed E-state index contributed by atoms with van der Waals surface area (Å²) in [5.41, 5.74) is 0. The molecular formula is C9H16O5S. The van der Waals surface area contributed by atoms with Crippen LogP contribution < -0.4 is 0 Å². The van der Waals surface area contributed by atoms with Crippen LogP contribution in [0.4, 0.5) is 0 Å². The summed E-state index contributed by atoms with van der Waals surface area (Å²) in [6.07, 6.45) is 1.03. The van der Waals surface area contributed by atoms with Crippen molar-refractivity contribution in [3.05, 3.63) is 11.5 Å². The topological polar surface area (TPSA) is 61.8 Å². The van der Waals surface area contributed by atoms with Crippen LogP contribution in [-0.4, -0.2) is 53.8 Å². The molecule has 0 N–H and O–H groups in total. The predicted octanol–water partition coefficient (Wildman–Crippen LogP) is -0.0249. The quantitative estimate of drug-likeness (QED) is 0.648. The van der Waals surface area contributed by atoms with Gasteiger partial charge >= 0.3 is 0 Å². The lowest BCUT2D eigenvalue weighted by Gasteiger charge is -2.16. The standard InChI is InChI=1S/C9H16O5S/c1-12-5-9(13-2)6-14-8-3-4-15(10,11)7-8/h3-4,8-9H,5-7H2,1-2H3. The Labute approximate surface area is 89.9 Å². The average Bonchev–Trinajstić information content (AvgIpc) is 2.53.